The van der Waals surface area contributed by atoms with Crippen molar-refractivity contribution in [3.63, 3.8) is 0 Å². The largest absolute Gasteiger partial charge is 0.405 e. The van der Waals surface area contributed by atoms with Gasteiger partial charge >= 0.3 is 6.18 Å². The summed E-state index contributed by atoms with van der Waals surface area (Å²) in [5.41, 5.74) is 5.20. The fourth-order valence-electron chi connectivity index (χ4n) is 1.23. The average Bonchev–Trinajstić information content (AvgIpc) is 2.24. The van der Waals surface area contributed by atoms with Crippen LogP contribution in [0.5, 0.6) is 0 Å². The Kier molecular flexibility index (Phi) is 5.91. The third-order valence-corrected chi connectivity index (χ3v) is 2.99. The van der Waals surface area contributed by atoms with Crippen LogP contribution in [0.2, 0.25) is 0 Å². The topological polar surface area (TPSA) is 58.4 Å². The molecule has 0 aliphatic rings. The molecule has 7 heteroatoms. The Morgan fingerprint density at radius 3 is 2.29 bits per heavy atom. The molecule has 0 saturated carbocycles. The highest BCUT2D eigenvalue weighted by Gasteiger charge is 2.30. The van der Waals surface area contributed by atoms with E-state index >= 15 is 0 Å². The van der Waals surface area contributed by atoms with Crippen molar-refractivity contribution in [3.05, 3.63) is 0 Å². The van der Waals surface area contributed by atoms with E-state index in [1.807, 2.05) is 19.2 Å². The van der Waals surface area contributed by atoms with Crippen LogP contribution in [0.15, 0.2) is 0 Å². The first-order chi connectivity index (χ1) is 7.64. The highest BCUT2D eigenvalue weighted by atomic mass is 19.4. The molecule has 0 spiro atoms. The van der Waals surface area contributed by atoms with Gasteiger partial charge in [0, 0.05) is 12.1 Å². The first-order valence-corrected chi connectivity index (χ1v) is 5.39. The molecule has 0 saturated heterocycles. The Morgan fingerprint density at radius 1 is 1.41 bits per heavy atom. The molecule has 4 nitrogen and oxygen atoms in total. The highest BCUT2D eigenvalue weighted by Crippen LogP contribution is 2.15. The Balaban J connectivity index is 4.21. The number of nitrogens with one attached hydrogen (secondary N) is 1. The van der Waals surface area contributed by atoms with Gasteiger partial charge in [0.25, 0.3) is 0 Å². The van der Waals surface area contributed by atoms with Crippen LogP contribution in [0.25, 0.3) is 0 Å². The standard InChI is InChI=1S/C10H20F3N3O/c1-4-9(2,6-14)16(3)5-8(17)15-7-10(11,12)13/h4-7,14H2,1-3H3,(H,15,17). The van der Waals surface area contributed by atoms with E-state index in [-0.39, 0.29) is 12.1 Å². The van der Waals surface area contributed by atoms with Crippen LogP contribution >= 0.6 is 0 Å². The molecule has 0 aromatic heterocycles. The van der Waals surface area contributed by atoms with Crippen LogP contribution in [-0.4, -0.2) is 49.2 Å². The molecule has 17 heavy (non-hydrogen) atoms. The minimum atomic E-state index is -4.38. The molecule has 0 rings (SSSR count). The van der Waals surface area contributed by atoms with Crippen LogP contribution < -0.4 is 11.1 Å². The first-order valence-electron chi connectivity index (χ1n) is 5.39. The molecule has 0 aromatic carbocycles. The normalized spacial score (nSPS) is 15.8. The van der Waals surface area contributed by atoms with E-state index in [1.165, 1.54) is 0 Å². The molecule has 0 fully saturated rings. The van der Waals surface area contributed by atoms with Crippen molar-refractivity contribution < 1.29 is 18.0 Å². The number of nitrogens with zero attached hydrogens (tertiary/aromatic N) is 1. The SMILES string of the molecule is CCC(C)(CN)N(C)CC(=O)NCC(F)(F)F. The summed E-state index contributed by atoms with van der Waals surface area (Å²) in [5.74, 6) is -0.655. The number of alkyl halides is 3. The smallest absolute Gasteiger partial charge is 0.346 e. The van der Waals surface area contributed by atoms with Gasteiger partial charge in [-0.25, -0.2) is 0 Å². The highest BCUT2D eigenvalue weighted by molar-refractivity contribution is 5.78. The maximum atomic E-state index is 11.9. The second-order valence-corrected chi connectivity index (χ2v) is 4.30. The maximum Gasteiger partial charge on any atom is 0.405 e. The summed E-state index contributed by atoms with van der Waals surface area (Å²) in [4.78, 5) is 13.0. The third kappa shape index (κ3) is 5.88. The molecular weight excluding hydrogens is 235 g/mol. The van der Waals surface area contributed by atoms with E-state index < -0.39 is 18.6 Å². The van der Waals surface area contributed by atoms with Gasteiger partial charge in [-0.15, -0.1) is 0 Å². The average molecular weight is 255 g/mol. The lowest BCUT2D eigenvalue weighted by atomic mass is 9.97. The molecule has 0 aliphatic carbocycles. The van der Waals surface area contributed by atoms with Crippen LogP contribution in [0, 0.1) is 0 Å². The van der Waals surface area contributed by atoms with Gasteiger partial charge in [-0.3, -0.25) is 9.69 Å². The molecule has 1 atom stereocenters. The molecule has 0 bridgehead atoms. The summed E-state index contributed by atoms with van der Waals surface area (Å²) in [5, 5.41) is 1.83. The van der Waals surface area contributed by atoms with E-state index in [2.05, 4.69) is 0 Å². The Labute approximate surface area is 99.3 Å². The molecule has 1 amide bonds. The summed E-state index contributed by atoms with van der Waals surface area (Å²) < 4.78 is 35.6. The van der Waals surface area contributed by atoms with Gasteiger partial charge in [0.05, 0.1) is 6.54 Å². The van der Waals surface area contributed by atoms with Gasteiger partial charge in [0.15, 0.2) is 0 Å². The van der Waals surface area contributed by atoms with Gasteiger partial charge in [-0.05, 0) is 20.4 Å². The number of nitrogens with two attached hydrogens (primary N) is 1. The summed E-state index contributed by atoms with van der Waals surface area (Å²) in [6.07, 6.45) is -3.66. The number of amides is 1. The van der Waals surface area contributed by atoms with Crippen molar-refractivity contribution in [2.45, 2.75) is 32.0 Å². The predicted octanol–water partition coefficient (Wildman–Crippen LogP) is 0.724. The van der Waals surface area contributed by atoms with Crippen molar-refractivity contribution in [1.82, 2.24) is 10.2 Å². The fraction of sp³-hybridized carbons (Fsp3) is 0.900. The quantitative estimate of drug-likeness (QED) is 0.735. The van der Waals surface area contributed by atoms with Crippen LogP contribution in [0.3, 0.4) is 0 Å². The monoisotopic (exact) mass is 255 g/mol. The fourth-order valence-corrected chi connectivity index (χ4v) is 1.23. The number of carbonyl (C=O) groups excluding carboxylic acids is 1. The lowest BCUT2D eigenvalue weighted by molar-refractivity contribution is -0.139. The number of rotatable bonds is 6. The van der Waals surface area contributed by atoms with Crippen molar-refractivity contribution in [3.8, 4) is 0 Å². The van der Waals surface area contributed by atoms with Crippen LogP contribution in [0.4, 0.5) is 13.2 Å². The van der Waals surface area contributed by atoms with Gasteiger partial charge < -0.3 is 11.1 Å². The zero-order valence-electron chi connectivity index (χ0n) is 10.4. The van der Waals surface area contributed by atoms with Crippen molar-refractivity contribution in [1.29, 1.82) is 0 Å². The van der Waals surface area contributed by atoms with E-state index in [0.29, 0.717) is 13.0 Å². The molecule has 102 valence electrons. The summed E-state index contributed by atoms with van der Waals surface area (Å²) >= 11 is 0. The molecule has 0 aromatic rings. The van der Waals surface area contributed by atoms with Gasteiger partial charge in [-0.2, -0.15) is 13.2 Å². The molecule has 1 unspecified atom stereocenters. The lowest BCUT2D eigenvalue weighted by Gasteiger charge is -2.36. The van der Waals surface area contributed by atoms with Crippen LogP contribution in [-0.2, 0) is 4.79 Å². The molecule has 0 heterocycles. The molecule has 0 aliphatic heterocycles. The van der Waals surface area contributed by atoms with E-state index in [4.69, 9.17) is 5.73 Å². The number of hydrogen-bond donors (Lipinski definition) is 2. The van der Waals surface area contributed by atoms with Crippen molar-refractivity contribution in [2.24, 2.45) is 5.73 Å². The Hall–Kier alpha value is -0.820. The number of hydrogen-bond acceptors (Lipinski definition) is 3. The Morgan fingerprint density at radius 2 is 1.94 bits per heavy atom. The summed E-state index contributed by atoms with van der Waals surface area (Å²) in [6, 6.07) is 0. The summed E-state index contributed by atoms with van der Waals surface area (Å²) in [6.45, 7) is 2.72. The predicted molar refractivity (Wildman–Crippen MR) is 59.4 cm³/mol. The van der Waals surface area contributed by atoms with Gasteiger partial charge in [-0.1, -0.05) is 6.92 Å². The second-order valence-electron chi connectivity index (χ2n) is 4.30. The lowest BCUT2D eigenvalue weighted by Crippen LogP contribution is -2.52. The second kappa shape index (κ2) is 6.20. The Bertz CT molecular complexity index is 252. The molecular formula is C10H20F3N3O. The minimum Gasteiger partial charge on any atom is -0.346 e. The number of carbonyl (C=O) groups is 1. The van der Waals surface area contributed by atoms with Gasteiger partial charge in [0.1, 0.15) is 6.54 Å². The van der Waals surface area contributed by atoms with Crippen molar-refractivity contribution >= 4 is 5.91 Å². The van der Waals surface area contributed by atoms with Crippen molar-refractivity contribution in [2.75, 3.05) is 26.7 Å². The molecule has 0 radical (unpaired) electrons. The van der Waals surface area contributed by atoms with Gasteiger partial charge in [0.2, 0.25) is 5.91 Å². The maximum absolute atomic E-state index is 11.9. The number of likely N-dealkylation sites (N-methyl/N-ethyl adjacent to an activating group) is 1. The van der Waals surface area contributed by atoms with Crippen LogP contribution in [0.1, 0.15) is 20.3 Å². The number of halogens is 3. The van der Waals surface area contributed by atoms with E-state index in [9.17, 15) is 18.0 Å². The summed E-state index contributed by atoms with van der Waals surface area (Å²) in [7, 11) is 1.67. The zero-order valence-corrected chi connectivity index (χ0v) is 10.4. The first kappa shape index (κ1) is 16.2. The zero-order chi connectivity index (χ0) is 13.7. The van der Waals surface area contributed by atoms with E-state index in [0.717, 1.165) is 0 Å². The third-order valence-electron chi connectivity index (χ3n) is 2.99. The molecule has 3 N–H and O–H groups in total. The minimum absolute atomic E-state index is 0.0996. The van der Waals surface area contributed by atoms with E-state index in [1.54, 1.807) is 11.9 Å².